The van der Waals surface area contributed by atoms with E-state index >= 15 is 0 Å². The van der Waals surface area contributed by atoms with Crippen LogP contribution in [-0.2, 0) is 0 Å². The SMILES string of the molecule is CCC(C)CN(C)C(=N)N=C(N)N. The first-order valence-electron chi connectivity index (χ1n) is 4.36. The van der Waals surface area contributed by atoms with Crippen molar-refractivity contribution in [1.82, 2.24) is 4.90 Å². The Morgan fingerprint density at radius 2 is 2.08 bits per heavy atom. The van der Waals surface area contributed by atoms with Crippen LogP contribution in [0.5, 0.6) is 0 Å². The molecule has 0 fully saturated rings. The highest BCUT2D eigenvalue weighted by Gasteiger charge is 2.06. The van der Waals surface area contributed by atoms with Gasteiger partial charge in [-0.3, -0.25) is 5.41 Å². The van der Waals surface area contributed by atoms with E-state index in [1.807, 2.05) is 0 Å². The van der Waals surface area contributed by atoms with Crippen molar-refractivity contribution in [2.45, 2.75) is 20.3 Å². The quantitative estimate of drug-likeness (QED) is 0.432. The number of hydrogen-bond acceptors (Lipinski definition) is 1. The van der Waals surface area contributed by atoms with Gasteiger partial charge in [0.05, 0.1) is 0 Å². The normalized spacial score (nSPS) is 11.9. The van der Waals surface area contributed by atoms with Gasteiger partial charge in [0.2, 0.25) is 5.96 Å². The molecule has 0 amide bonds. The Bertz CT molecular complexity index is 195. The van der Waals surface area contributed by atoms with E-state index in [4.69, 9.17) is 16.9 Å². The highest BCUT2D eigenvalue weighted by atomic mass is 15.2. The number of rotatable bonds is 3. The molecule has 0 heterocycles. The summed E-state index contributed by atoms with van der Waals surface area (Å²) in [5.41, 5.74) is 10.3. The predicted molar refractivity (Wildman–Crippen MR) is 55.6 cm³/mol. The summed E-state index contributed by atoms with van der Waals surface area (Å²) in [6, 6.07) is 0. The van der Waals surface area contributed by atoms with Crippen LogP contribution in [0.25, 0.3) is 0 Å². The first-order valence-corrected chi connectivity index (χ1v) is 4.36. The fraction of sp³-hybridized carbons (Fsp3) is 0.750. The first kappa shape index (κ1) is 11.7. The van der Waals surface area contributed by atoms with Crippen LogP contribution in [0.1, 0.15) is 20.3 Å². The third-order valence-corrected chi connectivity index (χ3v) is 1.88. The number of aliphatic imine (C=N–C) groups is 1. The van der Waals surface area contributed by atoms with Crippen LogP contribution in [0.15, 0.2) is 4.99 Å². The third kappa shape index (κ3) is 5.05. The van der Waals surface area contributed by atoms with Crippen LogP contribution in [-0.4, -0.2) is 30.4 Å². The zero-order valence-electron chi connectivity index (χ0n) is 8.54. The van der Waals surface area contributed by atoms with Crippen molar-refractivity contribution in [2.75, 3.05) is 13.6 Å². The fourth-order valence-electron chi connectivity index (χ4n) is 0.891. The summed E-state index contributed by atoms with van der Waals surface area (Å²) in [6.45, 7) is 5.04. The van der Waals surface area contributed by atoms with Gasteiger partial charge in [-0.2, -0.15) is 4.99 Å². The Labute approximate surface area is 79.3 Å². The highest BCUT2D eigenvalue weighted by molar-refractivity contribution is 5.91. The maximum absolute atomic E-state index is 7.47. The van der Waals surface area contributed by atoms with Crippen molar-refractivity contribution in [2.24, 2.45) is 22.4 Å². The summed E-state index contributed by atoms with van der Waals surface area (Å²) in [5, 5.41) is 7.47. The number of guanidine groups is 2. The fourth-order valence-corrected chi connectivity index (χ4v) is 0.891. The van der Waals surface area contributed by atoms with Gasteiger partial charge in [0.25, 0.3) is 0 Å². The van der Waals surface area contributed by atoms with E-state index in [0.29, 0.717) is 5.92 Å². The molecule has 0 aromatic rings. The Hall–Kier alpha value is -1.26. The topological polar surface area (TPSA) is 91.5 Å². The molecule has 0 aliphatic rings. The molecule has 1 unspecified atom stereocenters. The smallest absolute Gasteiger partial charge is 0.220 e. The van der Waals surface area contributed by atoms with Crippen molar-refractivity contribution in [3.63, 3.8) is 0 Å². The molecular weight excluding hydrogens is 166 g/mol. The molecule has 0 saturated heterocycles. The van der Waals surface area contributed by atoms with Crippen LogP contribution in [0.2, 0.25) is 0 Å². The van der Waals surface area contributed by atoms with Crippen LogP contribution >= 0.6 is 0 Å². The predicted octanol–water partition coefficient (Wildman–Crippen LogP) is 0.172. The molecular formula is C8H19N5. The van der Waals surface area contributed by atoms with E-state index in [0.717, 1.165) is 13.0 Å². The second-order valence-electron chi connectivity index (χ2n) is 3.25. The largest absolute Gasteiger partial charge is 0.370 e. The lowest BCUT2D eigenvalue weighted by molar-refractivity contribution is 0.391. The molecule has 0 radical (unpaired) electrons. The van der Waals surface area contributed by atoms with E-state index in [2.05, 4.69) is 18.8 Å². The summed E-state index contributed by atoms with van der Waals surface area (Å²) < 4.78 is 0. The van der Waals surface area contributed by atoms with E-state index in [-0.39, 0.29) is 11.9 Å². The van der Waals surface area contributed by atoms with Gasteiger partial charge in [0.15, 0.2) is 5.96 Å². The Morgan fingerprint density at radius 1 is 1.54 bits per heavy atom. The lowest BCUT2D eigenvalue weighted by atomic mass is 10.1. The minimum absolute atomic E-state index is 0.0685. The van der Waals surface area contributed by atoms with E-state index in [1.54, 1.807) is 11.9 Å². The molecule has 0 spiro atoms. The van der Waals surface area contributed by atoms with Gasteiger partial charge in [-0.05, 0) is 5.92 Å². The average molecular weight is 185 g/mol. The number of hydrogen-bond donors (Lipinski definition) is 3. The van der Waals surface area contributed by atoms with Gasteiger partial charge < -0.3 is 16.4 Å². The average Bonchev–Trinajstić information content (AvgIpc) is 2.02. The molecule has 5 nitrogen and oxygen atoms in total. The van der Waals surface area contributed by atoms with Gasteiger partial charge in [-0.25, -0.2) is 0 Å². The molecule has 5 heteroatoms. The zero-order chi connectivity index (χ0) is 10.4. The van der Waals surface area contributed by atoms with Gasteiger partial charge in [-0.15, -0.1) is 0 Å². The van der Waals surface area contributed by atoms with Crippen molar-refractivity contribution in [1.29, 1.82) is 5.41 Å². The van der Waals surface area contributed by atoms with Crippen molar-refractivity contribution in [3.05, 3.63) is 0 Å². The summed E-state index contributed by atoms with van der Waals surface area (Å²) in [6.07, 6.45) is 1.08. The third-order valence-electron chi connectivity index (χ3n) is 1.88. The molecule has 0 aromatic heterocycles. The van der Waals surface area contributed by atoms with Crippen LogP contribution in [0.3, 0.4) is 0 Å². The number of nitrogens with zero attached hydrogens (tertiary/aromatic N) is 2. The van der Waals surface area contributed by atoms with Crippen LogP contribution < -0.4 is 11.5 Å². The lowest BCUT2D eigenvalue weighted by Crippen LogP contribution is -2.33. The van der Waals surface area contributed by atoms with Crippen molar-refractivity contribution < 1.29 is 0 Å². The van der Waals surface area contributed by atoms with Gasteiger partial charge in [0.1, 0.15) is 0 Å². The Kier molecular flexibility index (Phi) is 4.87. The van der Waals surface area contributed by atoms with Crippen molar-refractivity contribution >= 4 is 11.9 Å². The van der Waals surface area contributed by atoms with E-state index in [9.17, 15) is 0 Å². The van der Waals surface area contributed by atoms with Crippen molar-refractivity contribution in [3.8, 4) is 0 Å². The lowest BCUT2D eigenvalue weighted by Gasteiger charge is -2.20. The molecule has 1 atom stereocenters. The number of nitrogens with one attached hydrogen (secondary N) is 1. The molecule has 0 aliphatic heterocycles. The van der Waals surface area contributed by atoms with Gasteiger partial charge in [-0.1, -0.05) is 20.3 Å². The summed E-state index contributed by atoms with van der Waals surface area (Å²) in [5.74, 6) is 0.584. The number of nitrogens with two attached hydrogens (primary N) is 2. The minimum Gasteiger partial charge on any atom is -0.370 e. The van der Waals surface area contributed by atoms with Crippen LogP contribution in [0.4, 0.5) is 0 Å². The molecule has 76 valence electrons. The minimum atomic E-state index is -0.0685. The second-order valence-corrected chi connectivity index (χ2v) is 3.25. The highest BCUT2D eigenvalue weighted by Crippen LogP contribution is 2.02. The molecule has 0 aromatic carbocycles. The van der Waals surface area contributed by atoms with Crippen LogP contribution in [0, 0.1) is 11.3 Å². The molecule has 0 aliphatic carbocycles. The molecule has 13 heavy (non-hydrogen) atoms. The van der Waals surface area contributed by atoms with E-state index < -0.39 is 0 Å². The summed E-state index contributed by atoms with van der Waals surface area (Å²) in [4.78, 5) is 5.38. The van der Waals surface area contributed by atoms with Gasteiger partial charge in [0, 0.05) is 13.6 Å². The Morgan fingerprint density at radius 3 is 2.46 bits per heavy atom. The van der Waals surface area contributed by atoms with Gasteiger partial charge >= 0.3 is 0 Å². The molecule has 5 N–H and O–H groups in total. The molecule has 0 rings (SSSR count). The molecule has 0 bridgehead atoms. The summed E-state index contributed by atoms with van der Waals surface area (Å²) in [7, 11) is 1.81. The monoisotopic (exact) mass is 185 g/mol. The second kappa shape index (κ2) is 5.40. The standard InChI is InChI=1S/C8H19N5/c1-4-6(2)5-13(3)8(11)12-7(9)10/h6H,4-5H2,1-3H3,(H5,9,10,11,12). The maximum Gasteiger partial charge on any atom is 0.220 e. The first-order chi connectivity index (χ1) is 5.97. The Balaban J connectivity index is 4.04. The molecule has 0 saturated carbocycles. The summed E-state index contributed by atoms with van der Waals surface area (Å²) >= 11 is 0. The maximum atomic E-state index is 7.47. The zero-order valence-corrected chi connectivity index (χ0v) is 8.54. The van der Waals surface area contributed by atoms with E-state index in [1.165, 1.54) is 0 Å².